The van der Waals surface area contributed by atoms with Gasteiger partial charge in [0, 0.05) is 23.1 Å². The van der Waals surface area contributed by atoms with Crippen LogP contribution in [-0.4, -0.2) is 19.5 Å². The van der Waals surface area contributed by atoms with Crippen molar-refractivity contribution in [1.82, 2.24) is 19.5 Å². The number of hydrogen-bond donors (Lipinski definition) is 0. The van der Waals surface area contributed by atoms with E-state index in [0.717, 1.165) is 38.2 Å². The van der Waals surface area contributed by atoms with Crippen molar-refractivity contribution >= 4 is 40.2 Å². The van der Waals surface area contributed by atoms with E-state index in [0.29, 0.717) is 19.6 Å². The molecule has 0 aliphatic heterocycles. The molecule has 0 spiro atoms. The number of nitrogens with zero attached hydrogens (tertiary/aromatic N) is 5. The average molecular weight is 474 g/mol. The Bertz CT molecular complexity index is 1380. The Morgan fingerprint density at radius 1 is 0.697 bits per heavy atom. The molecule has 2 heterocycles. The minimum Gasteiger partial charge on any atom is -0.346 e. The zero-order valence-electron chi connectivity index (χ0n) is 17.8. The molecule has 5 aromatic rings. The van der Waals surface area contributed by atoms with Gasteiger partial charge in [0.25, 0.3) is 0 Å². The van der Waals surface area contributed by atoms with Crippen LogP contribution in [0.5, 0.6) is 0 Å². The number of hydrogen-bond acceptors (Lipinski definition) is 4. The van der Waals surface area contributed by atoms with Crippen molar-refractivity contribution in [3.05, 3.63) is 118 Å². The number of fused-ring (bicyclic) bond motifs is 1. The van der Waals surface area contributed by atoms with Crippen LogP contribution in [-0.2, 0) is 19.6 Å². The van der Waals surface area contributed by atoms with Gasteiger partial charge in [-0.1, -0.05) is 89.9 Å². The van der Waals surface area contributed by atoms with Gasteiger partial charge < -0.3 is 9.47 Å². The van der Waals surface area contributed by atoms with Gasteiger partial charge in [-0.3, -0.25) is 0 Å². The van der Waals surface area contributed by atoms with Gasteiger partial charge in [0.2, 0.25) is 0 Å². The third-order valence-electron chi connectivity index (χ3n) is 5.52. The fourth-order valence-electron chi connectivity index (χ4n) is 3.87. The molecule has 0 atom stereocenters. The molecule has 0 saturated heterocycles. The van der Waals surface area contributed by atoms with Crippen LogP contribution in [0, 0.1) is 0 Å². The molecule has 33 heavy (non-hydrogen) atoms. The topological polar surface area (TPSA) is 46.8 Å². The summed E-state index contributed by atoms with van der Waals surface area (Å²) in [4.78, 5) is 16.1. The lowest BCUT2D eigenvalue weighted by atomic mass is 10.1. The van der Waals surface area contributed by atoms with Crippen LogP contribution < -0.4 is 4.90 Å². The Hall–Kier alpha value is -3.41. The highest BCUT2D eigenvalue weighted by atomic mass is 35.5. The Balaban J connectivity index is 1.55. The second kappa shape index (κ2) is 9.61. The van der Waals surface area contributed by atoms with Crippen molar-refractivity contribution in [2.45, 2.75) is 19.6 Å². The Labute approximate surface area is 202 Å². The normalized spacial score (nSPS) is 11.1. The van der Waals surface area contributed by atoms with Gasteiger partial charge >= 0.3 is 0 Å². The van der Waals surface area contributed by atoms with E-state index in [1.807, 2.05) is 71.3 Å². The van der Waals surface area contributed by atoms with Gasteiger partial charge in [-0.25, -0.2) is 15.0 Å². The minimum absolute atomic E-state index is 0.579. The van der Waals surface area contributed by atoms with Crippen LogP contribution in [0.25, 0.3) is 11.2 Å². The van der Waals surface area contributed by atoms with Crippen LogP contribution >= 0.6 is 23.2 Å². The number of benzene rings is 3. The summed E-state index contributed by atoms with van der Waals surface area (Å²) < 4.78 is 2.00. The second-order valence-corrected chi connectivity index (χ2v) is 8.58. The maximum atomic E-state index is 6.49. The van der Waals surface area contributed by atoms with Gasteiger partial charge in [0.15, 0.2) is 17.0 Å². The molecular formula is C26H21Cl2N5. The molecule has 0 bridgehead atoms. The first-order valence-electron chi connectivity index (χ1n) is 10.6. The lowest BCUT2D eigenvalue weighted by Gasteiger charge is -2.24. The Morgan fingerprint density at radius 3 is 2.09 bits per heavy atom. The van der Waals surface area contributed by atoms with E-state index in [-0.39, 0.29) is 0 Å². The highest BCUT2D eigenvalue weighted by molar-refractivity contribution is 6.31. The molecular weight excluding hydrogens is 453 g/mol. The number of rotatable bonds is 7. The first-order valence-corrected chi connectivity index (χ1v) is 11.4. The molecule has 0 aliphatic rings. The van der Waals surface area contributed by atoms with Crippen molar-refractivity contribution in [2.75, 3.05) is 4.90 Å². The predicted octanol–water partition coefficient (Wildman–Crippen LogP) is 6.39. The standard InChI is InChI=1S/C26H21Cl2N5/c27-22-12-6-4-10-20(22)15-32(14-19-8-2-1-3-9-19)25-24-26(30-17-29-25)33(18-31-24)16-21-11-5-7-13-23(21)28/h1-13,17-18H,14-16H2. The van der Waals surface area contributed by atoms with Gasteiger partial charge in [0.05, 0.1) is 12.9 Å². The zero-order chi connectivity index (χ0) is 22.6. The largest absolute Gasteiger partial charge is 0.346 e. The van der Waals surface area contributed by atoms with Crippen molar-refractivity contribution in [3.8, 4) is 0 Å². The van der Waals surface area contributed by atoms with E-state index in [4.69, 9.17) is 28.2 Å². The molecule has 7 heteroatoms. The molecule has 0 radical (unpaired) electrons. The molecule has 0 fully saturated rings. The summed E-state index contributed by atoms with van der Waals surface area (Å²) in [7, 11) is 0. The van der Waals surface area contributed by atoms with E-state index in [1.165, 1.54) is 5.56 Å². The Kier molecular flexibility index (Phi) is 6.24. The summed E-state index contributed by atoms with van der Waals surface area (Å²) in [6.07, 6.45) is 3.38. The van der Waals surface area contributed by atoms with Crippen LogP contribution in [0.3, 0.4) is 0 Å². The van der Waals surface area contributed by atoms with Crippen molar-refractivity contribution in [2.24, 2.45) is 0 Å². The number of halogens is 2. The molecule has 5 rings (SSSR count). The third-order valence-corrected chi connectivity index (χ3v) is 6.25. The number of anilines is 1. The first kappa shape index (κ1) is 21.4. The van der Waals surface area contributed by atoms with Gasteiger partial charge in [-0.2, -0.15) is 0 Å². The Morgan fingerprint density at radius 2 is 1.36 bits per heavy atom. The lowest BCUT2D eigenvalue weighted by molar-refractivity contribution is 0.783. The summed E-state index contributed by atoms with van der Waals surface area (Å²) in [5.74, 6) is 0.765. The number of aromatic nitrogens is 4. The highest BCUT2D eigenvalue weighted by Crippen LogP contribution is 2.28. The summed E-state index contributed by atoms with van der Waals surface area (Å²) in [5, 5.41) is 1.45. The molecule has 3 aromatic carbocycles. The fraction of sp³-hybridized carbons (Fsp3) is 0.115. The molecule has 0 aliphatic carbocycles. The maximum absolute atomic E-state index is 6.49. The second-order valence-electron chi connectivity index (χ2n) is 7.77. The van der Waals surface area contributed by atoms with Gasteiger partial charge in [-0.05, 0) is 28.8 Å². The molecule has 0 N–H and O–H groups in total. The molecule has 5 nitrogen and oxygen atoms in total. The highest BCUT2D eigenvalue weighted by Gasteiger charge is 2.18. The van der Waals surface area contributed by atoms with Crippen LogP contribution in [0.4, 0.5) is 5.82 Å². The van der Waals surface area contributed by atoms with Gasteiger partial charge in [0.1, 0.15) is 6.33 Å². The van der Waals surface area contributed by atoms with Crippen molar-refractivity contribution in [1.29, 1.82) is 0 Å². The summed E-state index contributed by atoms with van der Waals surface area (Å²) in [5.41, 5.74) is 4.71. The summed E-state index contributed by atoms with van der Waals surface area (Å²) in [6.45, 7) is 1.84. The lowest BCUT2D eigenvalue weighted by Crippen LogP contribution is -2.24. The monoisotopic (exact) mass is 473 g/mol. The van der Waals surface area contributed by atoms with Gasteiger partial charge in [-0.15, -0.1) is 0 Å². The quantitative estimate of drug-likeness (QED) is 0.274. The molecule has 0 unspecified atom stereocenters. The SMILES string of the molecule is Clc1ccccc1CN(Cc1ccccc1)c1ncnc2c1ncn2Cc1ccccc1Cl. The van der Waals surface area contributed by atoms with Crippen LogP contribution in [0.1, 0.15) is 16.7 Å². The molecule has 164 valence electrons. The number of imidazole rings is 1. The maximum Gasteiger partial charge on any atom is 0.165 e. The molecule has 0 saturated carbocycles. The predicted molar refractivity (Wildman–Crippen MR) is 134 cm³/mol. The molecule has 0 amide bonds. The van der Waals surface area contributed by atoms with E-state index >= 15 is 0 Å². The van der Waals surface area contributed by atoms with E-state index in [2.05, 4.69) is 27.0 Å². The fourth-order valence-corrected chi connectivity index (χ4v) is 4.26. The van der Waals surface area contributed by atoms with Crippen LogP contribution in [0.2, 0.25) is 10.0 Å². The van der Waals surface area contributed by atoms with Crippen molar-refractivity contribution < 1.29 is 0 Å². The first-order chi connectivity index (χ1) is 16.2. The smallest absolute Gasteiger partial charge is 0.165 e. The summed E-state index contributed by atoms with van der Waals surface area (Å²) >= 11 is 12.9. The van der Waals surface area contributed by atoms with E-state index in [9.17, 15) is 0 Å². The minimum atomic E-state index is 0.579. The van der Waals surface area contributed by atoms with Crippen molar-refractivity contribution in [3.63, 3.8) is 0 Å². The molecule has 2 aromatic heterocycles. The summed E-state index contributed by atoms with van der Waals surface area (Å²) in [6, 6.07) is 26.0. The van der Waals surface area contributed by atoms with Crippen LogP contribution in [0.15, 0.2) is 91.5 Å². The average Bonchev–Trinajstić information content (AvgIpc) is 3.25. The third kappa shape index (κ3) is 4.70. The van der Waals surface area contributed by atoms with E-state index < -0.39 is 0 Å². The van der Waals surface area contributed by atoms with E-state index in [1.54, 1.807) is 12.7 Å². The zero-order valence-corrected chi connectivity index (χ0v) is 19.3.